The van der Waals surface area contributed by atoms with Gasteiger partial charge >= 0.3 is 5.97 Å². The highest BCUT2D eigenvalue weighted by molar-refractivity contribution is 6.00. The first-order valence-electron chi connectivity index (χ1n) is 23.5. The third-order valence-electron chi connectivity index (χ3n) is 13.5. The molecule has 370 valence electrons. The number of oxime groups is 1. The molecule has 0 amide bonds. The highest BCUT2D eigenvalue weighted by Gasteiger charge is 2.51. The number of cyclic esters (lactones) is 1. The zero-order valence-electron chi connectivity index (χ0n) is 41.0. The maximum absolute atomic E-state index is 14.2. The zero-order valence-corrected chi connectivity index (χ0v) is 41.0. The van der Waals surface area contributed by atoms with Crippen LogP contribution < -0.4 is 10.6 Å². The lowest BCUT2D eigenvalue weighted by molar-refractivity contribution is -0.295. The molecular formula is C48H80FN5O11. The van der Waals surface area contributed by atoms with E-state index in [0.29, 0.717) is 45.0 Å². The molecule has 4 rings (SSSR count). The average Bonchev–Trinajstić information content (AvgIpc) is 3.57. The van der Waals surface area contributed by atoms with Gasteiger partial charge in [-0.2, -0.15) is 0 Å². The number of carbonyl (C=O) groups excluding carboxylic acids is 2. The van der Waals surface area contributed by atoms with E-state index in [9.17, 15) is 29.3 Å². The molecule has 17 heteroatoms. The normalized spacial score (nSPS) is 34.0. The van der Waals surface area contributed by atoms with Crippen molar-refractivity contribution < 1.29 is 57.8 Å². The molecule has 3 heterocycles. The predicted octanol–water partition coefficient (Wildman–Crippen LogP) is 4.33. The van der Waals surface area contributed by atoms with E-state index in [1.54, 1.807) is 39.8 Å². The van der Waals surface area contributed by atoms with E-state index in [1.165, 1.54) is 27.0 Å². The van der Waals surface area contributed by atoms with Crippen LogP contribution in [0.5, 0.6) is 0 Å². The summed E-state index contributed by atoms with van der Waals surface area (Å²) in [5, 5.41) is 47.4. The molecule has 2 aromatic rings. The van der Waals surface area contributed by atoms with Gasteiger partial charge < -0.3 is 63.9 Å². The molecule has 2 fully saturated rings. The number of aromatic nitrogens is 1. The fourth-order valence-electron chi connectivity index (χ4n) is 9.49. The van der Waals surface area contributed by atoms with Crippen molar-refractivity contribution in [2.24, 2.45) is 35.9 Å². The maximum atomic E-state index is 14.2. The number of rotatable bonds is 19. The van der Waals surface area contributed by atoms with Crippen LogP contribution in [0, 0.1) is 29.5 Å². The van der Waals surface area contributed by atoms with Crippen molar-refractivity contribution in [3.8, 4) is 0 Å². The number of nitrogens with one attached hydrogen (secondary N) is 2. The summed E-state index contributed by atoms with van der Waals surface area (Å²) in [4.78, 5) is 35.6. The zero-order chi connectivity index (χ0) is 48.2. The molecule has 1 aromatic heterocycles. The lowest BCUT2D eigenvalue weighted by Crippen LogP contribution is -2.60. The fourth-order valence-corrected chi connectivity index (χ4v) is 9.49. The highest BCUT2D eigenvalue weighted by Crippen LogP contribution is 2.38. The van der Waals surface area contributed by atoms with E-state index in [2.05, 4.69) is 15.8 Å². The molecule has 1 aromatic carbocycles. The SMILES string of the molecule is CC[C@H]1OC(=O)[C@H](C)C(=O)[C@H](C)[C@@H](O[C@@H]2O[C@H](C)C[C@H](N(C)C)[C@H]2O)[C@@](C)(OC)C[C@@H](C)/C(=N\OCCNCCCOCCCNCc2cn(C)c3ccc(F)cc23)[C@H](C)[C@@H](O)[C@]1(C)O. The number of aryl methyl sites for hydroxylation is 1. The minimum Gasteiger partial charge on any atom is -0.459 e. The summed E-state index contributed by atoms with van der Waals surface area (Å²) >= 11 is 0. The summed E-state index contributed by atoms with van der Waals surface area (Å²) in [6.07, 6.45) is -1.47. The third-order valence-corrected chi connectivity index (χ3v) is 13.5. The predicted molar refractivity (Wildman–Crippen MR) is 247 cm³/mol. The van der Waals surface area contributed by atoms with Crippen molar-refractivity contribution in [1.82, 2.24) is 20.1 Å². The van der Waals surface area contributed by atoms with E-state index < -0.39 is 77.3 Å². The van der Waals surface area contributed by atoms with Crippen LogP contribution in [0.1, 0.15) is 93.1 Å². The largest absolute Gasteiger partial charge is 0.459 e. The molecule has 0 spiro atoms. The van der Waals surface area contributed by atoms with Crippen molar-refractivity contribution in [2.45, 2.75) is 148 Å². The second-order valence-electron chi connectivity index (χ2n) is 19.0. The van der Waals surface area contributed by atoms with Crippen molar-refractivity contribution in [1.29, 1.82) is 0 Å². The molecule has 5 N–H and O–H groups in total. The van der Waals surface area contributed by atoms with Crippen LogP contribution in [-0.4, -0.2) is 157 Å². The number of nitrogens with zero attached hydrogens (tertiary/aromatic N) is 3. The number of methoxy groups -OCH3 is 1. The molecule has 0 bridgehead atoms. The minimum atomic E-state index is -1.92. The van der Waals surface area contributed by atoms with Gasteiger partial charge in [0.1, 0.15) is 36.2 Å². The number of esters is 1. The van der Waals surface area contributed by atoms with Gasteiger partial charge in [-0.1, -0.05) is 32.9 Å². The Kier molecular flexibility index (Phi) is 20.8. The van der Waals surface area contributed by atoms with Crippen molar-refractivity contribution in [3.63, 3.8) is 0 Å². The number of halogens is 1. The van der Waals surface area contributed by atoms with Gasteiger partial charge in [0.2, 0.25) is 0 Å². The van der Waals surface area contributed by atoms with Crippen molar-refractivity contribution in [3.05, 3.63) is 35.8 Å². The summed E-state index contributed by atoms with van der Waals surface area (Å²) < 4.78 is 46.5. The van der Waals surface area contributed by atoms with Crippen LogP contribution in [0.15, 0.2) is 29.6 Å². The monoisotopic (exact) mass is 922 g/mol. The van der Waals surface area contributed by atoms with Gasteiger partial charge in [-0.25, -0.2) is 4.39 Å². The Labute approximate surface area is 385 Å². The minimum absolute atomic E-state index is 0.164. The molecule has 0 radical (unpaired) electrons. The molecule has 0 saturated carbocycles. The molecule has 13 atom stereocenters. The number of carbonyl (C=O) groups is 2. The summed E-state index contributed by atoms with van der Waals surface area (Å²) in [5.41, 5.74) is -0.678. The Balaban J connectivity index is 1.39. The van der Waals surface area contributed by atoms with Crippen molar-refractivity contribution in [2.75, 3.05) is 60.7 Å². The van der Waals surface area contributed by atoms with E-state index in [1.807, 2.05) is 50.7 Å². The Morgan fingerprint density at radius 1 is 1.00 bits per heavy atom. The number of ketones is 1. The van der Waals surface area contributed by atoms with Gasteiger partial charge in [-0.15, -0.1) is 0 Å². The van der Waals surface area contributed by atoms with Gasteiger partial charge in [0, 0.05) is 81.4 Å². The van der Waals surface area contributed by atoms with Gasteiger partial charge in [0.25, 0.3) is 0 Å². The highest BCUT2D eigenvalue weighted by atomic mass is 19.1. The first-order valence-corrected chi connectivity index (χ1v) is 23.5. The quantitative estimate of drug-likeness (QED) is 0.0579. The van der Waals surface area contributed by atoms with Gasteiger partial charge in [0.05, 0.1) is 29.6 Å². The third kappa shape index (κ3) is 14.0. The van der Waals surface area contributed by atoms with E-state index in [4.69, 9.17) is 28.5 Å². The maximum Gasteiger partial charge on any atom is 0.316 e. The lowest BCUT2D eigenvalue weighted by atomic mass is 9.74. The fraction of sp³-hybridized carbons (Fsp3) is 0.771. The number of benzene rings is 1. The number of hydrogen-bond acceptors (Lipinski definition) is 15. The number of aliphatic hydroxyl groups excluding tert-OH is 2. The Morgan fingerprint density at radius 2 is 1.68 bits per heavy atom. The Morgan fingerprint density at radius 3 is 2.32 bits per heavy atom. The van der Waals surface area contributed by atoms with Crippen LogP contribution in [0.4, 0.5) is 4.39 Å². The number of aliphatic hydroxyl groups is 3. The van der Waals surface area contributed by atoms with Crippen LogP contribution in [0.2, 0.25) is 0 Å². The number of Topliss-reactive ketones (excluding diaryl/α,β-unsaturated/α-hetero) is 1. The summed E-state index contributed by atoms with van der Waals surface area (Å²) in [7, 11) is 7.22. The van der Waals surface area contributed by atoms with Crippen LogP contribution in [0.3, 0.4) is 0 Å². The van der Waals surface area contributed by atoms with Crippen LogP contribution in [-0.2, 0) is 51.7 Å². The first-order chi connectivity index (χ1) is 30.7. The Hall–Kier alpha value is -3.10. The molecule has 2 aliphatic rings. The smallest absolute Gasteiger partial charge is 0.316 e. The van der Waals surface area contributed by atoms with Gasteiger partial charge in [0.15, 0.2) is 12.1 Å². The number of ether oxygens (including phenoxy) is 5. The van der Waals surface area contributed by atoms with E-state index >= 15 is 0 Å². The molecule has 0 unspecified atom stereocenters. The van der Waals surface area contributed by atoms with E-state index in [-0.39, 0.29) is 37.4 Å². The topological polar surface area (TPSA) is 195 Å². The average molecular weight is 922 g/mol. The van der Waals surface area contributed by atoms with Crippen molar-refractivity contribution >= 4 is 28.4 Å². The first kappa shape index (κ1) is 54.5. The number of fused-ring (bicyclic) bond motifs is 1. The van der Waals surface area contributed by atoms with Crippen LogP contribution in [0.25, 0.3) is 10.9 Å². The van der Waals surface area contributed by atoms with Gasteiger partial charge in [-0.05, 0) is 111 Å². The number of hydrogen-bond donors (Lipinski definition) is 5. The second kappa shape index (κ2) is 24.8. The van der Waals surface area contributed by atoms with Crippen LogP contribution >= 0.6 is 0 Å². The number of likely N-dealkylation sites (N-methyl/N-ethyl adjacent to an activating group) is 1. The molecule has 2 aliphatic heterocycles. The second-order valence-corrected chi connectivity index (χ2v) is 19.0. The molecule has 2 saturated heterocycles. The molecule has 65 heavy (non-hydrogen) atoms. The molecule has 0 aliphatic carbocycles. The molecule has 16 nitrogen and oxygen atoms in total. The Bertz CT molecular complexity index is 1850. The summed E-state index contributed by atoms with van der Waals surface area (Å²) in [6, 6.07) is 4.57. The van der Waals surface area contributed by atoms with Gasteiger partial charge in [-0.3, -0.25) is 9.59 Å². The standard InChI is InChI=1S/C48H80FN5O11/c1-13-39-48(8,59)43(57)31(4)40(52-62-23-20-50-18-14-21-61-22-15-19-51-27-34-28-54(11)37-17-16-35(49)25-36(34)37)29(2)26-47(7,60-12)44(32(5)41(55)33(6)45(58)64-39)65-46-42(56)38(53(9)10)24-30(3)63-46/h16-17,25,28-33,38-39,42-44,46,50-51,56-57,59H,13-15,18-24,26-27H2,1-12H3/b52-40+/t29-,30-,31+,32+,33-,38+,39-,42-,43-,44-,46+,47+,48-/m1/s1. The molecular weight excluding hydrogens is 842 g/mol. The lowest BCUT2D eigenvalue weighted by Gasteiger charge is -2.47. The summed E-state index contributed by atoms with van der Waals surface area (Å²) in [5.74, 6) is -5.01. The van der Waals surface area contributed by atoms with E-state index in [0.717, 1.165) is 35.9 Å². The summed E-state index contributed by atoms with van der Waals surface area (Å²) in [6.45, 7) is 17.6.